The first-order chi connectivity index (χ1) is 9.20. The third-order valence-corrected chi connectivity index (χ3v) is 4.44. The van der Waals surface area contributed by atoms with Gasteiger partial charge in [0, 0.05) is 51.9 Å². The second-order valence-electron chi connectivity index (χ2n) is 5.84. The Labute approximate surface area is 116 Å². The van der Waals surface area contributed by atoms with Gasteiger partial charge in [-0.2, -0.15) is 0 Å². The molecule has 0 aromatic carbocycles. The summed E-state index contributed by atoms with van der Waals surface area (Å²) >= 11 is 0. The van der Waals surface area contributed by atoms with Crippen molar-refractivity contribution < 1.29 is 4.79 Å². The molecule has 2 fully saturated rings. The number of hydrogen-bond donors (Lipinski definition) is 1. The van der Waals surface area contributed by atoms with Crippen LogP contribution < -0.4 is 5.73 Å². The van der Waals surface area contributed by atoms with Crippen molar-refractivity contribution in [3.8, 4) is 0 Å². The highest BCUT2D eigenvalue weighted by molar-refractivity contribution is 5.78. The van der Waals surface area contributed by atoms with Crippen LogP contribution in [0, 0.1) is 0 Å². The number of carbonyl (C=O) groups is 1. The fourth-order valence-electron chi connectivity index (χ4n) is 2.95. The topological polar surface area (TPSA) is 52.8 Å². The molecule has 2 aliphatic rings. The van der Waals surface area contributed by atoms with Crippen molar-refractivity contribution in [2.75, 3.05) is 52.4 Å². The minimum Gasteiger partial charge on any atom is -0.342 e. The lowest BCUT2D eigenvalue weighted by atomic mass is 10.1. The van der Waals surface area contributed by atoms with Crippen LogP contribution in [0.1, 0.15) is 26.2 Å². The highest BCUT2D eigenvalue weighted by atomic mass is 16.2. The minimum absolute atomic E-state index is 0.319. The summed E-state index contributed by atoms with van der Waals surface area (Å²) in [6, 6.07) is 0.458. The third kappa shape index (κ3) is 4.16. The van der Waals surface area contributed by atoms with Crippen LogP contribution in [0.4, 0.5) is 0 Å². The average Bonchev–Trinajstić information content (AvgIpc) is 2.48. The largest absolute Gasteiger partial charge is 0.342 e. The molecule has 110 valence electrons. The third-order valence-electron chi connectivity index (χ3n) is 4.44. The molecule has 1 amide bonds. The lowest BCUT2D eigenvalue weighted by Gasteiger charge is -2.38. The molecule has 2 heterocycles. The SMILES string of the molecule is CC(CN)N1CCN(CC(=O)N2CCCCC2)CC1. The second kappa shape index (κ2) is 7.22. The highest BCUT2D eigenvalue weighted by Crippen LogP contribution is 2.10. The molecule has 0 bridgehead atoms. The van der Waals surface area contributed by atoms with E-state index in [1.54, 1.807) is 0 Å². The van der Waals surface area contributed by atoms with Gasteiger partial charge in [-0.15, -0.1) is 0 Å². The van der Waals surface area contributed by atoms with Crippen molar-refractivity contribution in [3.63, 3.8) is 0 Å². The standard InChI is InChI=1S/C14H28N4O/c1-13(11-15)17-9-7-16(8-10-17)12-14(19)18-5-3-2-4-6-18/h13H,2-12,15H2,1H3. The second-order valence-corrected chi connectivity index (χ2v) is 5.84. The van der Waals surface area contributed by atoms with Crippen LogP contribution in [-0.2, 0) is 4.79 Å². The molecule has 2 saturated heterocycles. The maximum Gasteiger partial charge on any atom is 0.236 e. The van der Waals surface area contributed by atoms with E-state index in [9.17, 15) is 4.79 Å². The van der Waals surface area contributed by atoms with Crippen LogP contribution >= 0.6 is 0 Å². The smallest absolute Gasteiger partial charge is 0.236 e. The molecule has 5 heteroatoms. The van der Waals surface area contributed by atoms with Crippen molar-refractivity contribution in [2.45, 2.75) is 32.2 Å². The molecule has 2 N–H and O–H groups in total. The number of carbonyl (C=O) groups excluding carboxylic acids is 1. The summed E-state index contributed by atoms with van der Waals surface area (Å²) in [6.45, 7) is 9.46. The number of amides is 1. The Morgan fingerprint density at radius 3 is 2.26 bits per heavy atom. The van der Waals surface area contributed by atoms with Gasteiger partial charge in [-0.1, -0.05) is 0 Å². The maximum absolute atomic E-state index is 12.2. The summed E-state index contributed by atoms with van der Waals surface area (Å²) < 4.78 is 0. The maximum atomic E-state index is 12.2. The van der Waals surface area contributed by atoms with Crippen LogP contribution in [-0.4, -0.2) is 79.0 Å². The van der Waals surface area contributed by atoms with Crippen LogP contribution in [0.2, 0.25) is 0 Å². The number of nitrogens with two attached hydrogens (primary N) is 1. The Bertz CT molecular complexity index is 283. The van der Waals surface area contributed by atoms with Gasteiger partial charge in [-0.25, -0.2) is 0 Å². The van der Waals surface area contributed by atoms with E-state index in [4.69, 9.17) is 5.73 Å². The molecule has 0 aromatic heterocycles. The van der Waals surface area contributed by atoms with E-state index in [1.807, 2.05) is 4.90 Å². The van der Waals surface area contributed by atoms with Gasteiger partial charge >= 0.3 is 0 Å². The van der Waals surface area contributed by atoms with Crippen molar-refractivity contribution in [2.24, 2.45) is 5.73 Å². The molecule has 0 spiro atoms. The molecule has 1 atom stereocenters. The van der Waals surface area contributed by atoms with Gasteiger partial charge in [0.25, 0.3) is 0 Å². The molecule has 19 heavy (non-hydrogen) atoms. The van der Waals surface area contributed by atoms with Crippen LogP contribution in [0.3, 0.4) is 0 Å². The predicted molar refractivity (Wildman–Crippen MR) is 77.0 cm³/mol. The molecule has 2 aliphatic heterocycles. The van der Waals surface area contributed by atoms with Gasteiger partial charge < -0.3 is 10.6 Å². The lowest BCUT2D eigenvalue weighted by Crippen LogP contribution is -2.53. The van der Waals surface area contributed by atoms with Crippen molar-refractivity contribution in [1.29, 1.82) is 0 Å². The van der Waals surface area contributed by atoms with Crippen LogP contribution in [0.15, 0.2) is 0 Å². The molecule has 0 radical (unpaired) electrons. The summed E-state index contributed by atoms with van der Waals surface area (Å²) in [6.07, 6.45) is 3.63. The number of piperazine rings is 1. The van der Waals surface area contributed by atoms with Crippen molar-refractivity contribution >= 4 is 5.91 Å². The van der Waals surface area contributed by atoms with Crippen LogP contribution in [0.25, 0.3) is 0 Å². The first kappa shape index (κ1) is 14.8. The molecule has 5 nitrogen and oxygen atoms in total. The zero-order chi connectivity index (χ0) is 13.7. The van der Waals surface area contributed by atoms with Crippen LogP contribution in [0.5, 0.6) is 0 Å². The van der Waals surface area contributed by atoms with E-state index in [1.165, 1.54) is 19.3 Å². The Morgan fingerprint density at radius 1 is 1.05 bits per heavy atom. The number of piperidine rings is 1. The molecule has 2 rings (SSSR count). The lowest BCUT2D eigenvalue weighted by molar-refractivity contribution is -0.133. The Hall–Kier alpha value is -0.650. The molecule has 0 saturated carbocycles. The summed E-state index contributed by atoms with van der Waals surface area (Å²) in [7, 11) is 0. The molecule has 0 aliphatic carbocycles. The van der Waals surface area contributed by atoms with E-state index in [-0.39, 0.29) is 0 Å². The van der Waals surface area contributed by atoms with Crippen molar-refractivity contribution in [3.05, 3.63) is 0 Å². The zero-order valence-electron chi connectivity index (χ0n) is 12.2. The van der Waals surface area contributed by atoms with E-state index < -0.39 is 0 Å². The first-order valence-corrected chi connectivity index (χ1v) is 7.65. The zero-order valence-corrected chi connectivity index (χ0v) is 12.2. The first-order valence-electron chi connectivity index (χ1n) is 7.65. The Kier molecular flexibility index (Phi) is 5.60. The number of rotatable bonds is 4. The number of nitrogens with zero attached hydrogens (tertiary/aromatic N) is 3. The number of likely N-dealkylation sites (tertiary alicyclic amines) is 1. The fraction of sp³-hybridized carbons (Fsp3) is 0.929. The van der Waals surface area contributed by atoms with E-state index in [0.29, 0.717) is 25.0 Å². The average molecular weight is 268 g/mol. The van der Waals surface area contributed by atoms with Gasteiger partial charge in [0.1, 0.15) is 0 Å². The van der Waals surface area contributed by atoms with Gasteiger partial charge in [0.05, 0.1) is 6.54 Å². The molecular formula is C14H28N4O. The summed E-state index contributed by atoms with van der Waals surface area (Å²) in [5.74, 6) is 0.319. The molecular weight excluding hydrogens is 240 g/mol. The highest BCUT2D eigenvalue weighted by Gasteiger charge is 2.24. The molecule has 1 unspecified atom stereocenters. The van der Waals surface area contributed by atoms with Gasteiger partial charge in [-0.3, -0.25) is 14.6 Å². The normalized spacial score (nSPS) is 24.4. The van der Waals surface area contributed by atoms with Gasteiger partial charge in [-0.05, 0) is 26.2 Å². The minimum atomic E-state index is 0.319. The quantitative estimate of drug-likeness (QED) is 0.777. The predicted octanol–water partition coefficient (Wildman–Crippen LogP) is -0.0363. The summed E-state index contributed by atoms with van der Waals surface area (Å²) in [5, 5.41) is 0. The van der Waals surface area contributed by atoms with Gasteiger partial charge in [0.2, 0.25) is 5.91 Å². The Balaban J connectivity index is 1.71. The number of hydrogen-bond acceptors (Lipinski definition) is 4. The summed E-state index contributed by atoms with van der Waals surface area (Å²) in [4.78, 5) is 18.9. The Morgan fingerprint density at radius 2 is 1.68 bits per heavy atom. The van der Waals surface area contributed by atoms with E-state index >= 15 is 0 Å². The summed E-state index contributed by atoms with van der Waals surface area (Å²) in [5.41, 5.74) is 5.70. The molecule has 0 aromatic rings. The van der Waals surface area contributed by atoms with Gasteiger partial charge in [0.15, 0.2) is 0 Å². The monoisotopic (exact) mass is 268 g/mol. The van der Waals surface area contributed by atoms with E-state index in [0.717, 1.165) is 39.3 Å². The van der Waals surface area contributed by atoms with E-state index in [2.05, 4.69) is 16.7 Å². The van der Waals surface area contributed by atoms with Crippen molar-refractivity contribution in [1.82, 2.24) is 14.7 Å². The fourth-order valence-corrected chi connectivity index (χ4v) is 2.95.